The first-order valence-corrected chi connectivity index (χ1v) is 6.74. The topological polar surface area (TPSA) is 50.4 Å². The van der Waals surface area contributed by atoms with Gasteiger partial charge in [0.15, 0.2) is 0 Å². The number of carbonyl (C=O) groups is 1. The Labute approximate surface area is 120 Å². The summed E-state index contributed by atoms with van der Waals surface area (Å²) in [5.41, 5.74) is 0.718. The number of carbonyl (C=O) groups excluding carboxylic acids is 1. The zero-order chi connectivity index (χ0) is 15.5. The van der Waals surface area contributed by atoms with Crippen molar-refractivity contribution in [3.8, 4) is 5.75 Å². The van der Waals surface area contributed by atoms with E-state index in [2.05, 4.69) is 15.4 Å². The number of halogens is 3. The van der Waals surface area contributed by atoms with Crippen molar-refractivity contribution < 1.29 is 22.7 Å². The van der Waals surface area contributed by atoms with Crippen LogP contribution < -0.4 is 15.4 Å². The molecule has 1 fully saturated rings. The van der Waals surface area contributed by atoms with Crippen LogP contribution in [0.15, 0.2) is 24.3 Å². The summed E-state index contributed by atoms with van der Waals surface area (Å²) in [4.78, 5) is 11.9. The fourth-order valence-electron chi connectivity index (χ4n) is 2.26. The van der Waals surface area contributed by atoms with E-state index in [0.717, 1.165) is 24.9 Å². The molecule has 2 unspecified atom stereocenters. The molecule has 1 amide bonds. The average Bonchev–Trinajstić information content (AvgIpc) is 2.91. The van der Waals surface area contributed by atoms with Crippen LogP contribution in [0.5, 0.6) is 5.75 Å². The Morgan fingerprint density at radius 1 is 1.38 bits per heavy atom. The van der Waals surface area contributed by atoms with Crippen molar-refractivity contribution >= 4 is 5.91 Å². The van der Waals surface area contributed by atoms with Crippen molar-refractivity contribution in [2.45, 2.75) is 38.2 Å². The lowest BCUT2D eigenvalue weighted by Crippen LogP contribution is -2.41. The number of amides is 1. The molecule has 1 heterocycles. The quantitative estimate of drug-likeness (QED) is 0.898. The summed E-state index contributed by atoms with van der Waals surface area (Å²) in [5.74, 6) is -0.363. The number of nitrogens with one attached hydrogen (secondary N) is 2. The van der Waals surface area contributed by atoms with E-state index in [4.69, 9.17) is 0 Å². The van der Waals surface area contributed by atoms with Crippen LogP contribution in [0.2, 0.25) is 0 Å². The summed E-state index contributed by atoms with van der Waals surface area (Å²) < 4.78 is 40.0. The van der Waals surface area contributed by atoms with Gasteiger partial charge in [-0.15, -0.1) is 13.2 Å². The smallest absolute Gasteiger partial charge is 0.406 e. The molecule has 2 N–H and O–H groups in total. The molecule has 116 valence electrons. The van der Waals surface area contributed by atoms with E-state index in [1.807, 2.05) is 0 Å². The molecule has 2 rings (SSSR count). The van der Waals surface area contributed by atoms with Gasteiger partial charge in [0, 0.05) is 0 Å². The van der Waals surface area contributed by atoms with E-state index in [1.54, 1.807) is 6.92 Å². The maximum absolute atomic E-state index is 12.1. The minimum Gasteiger partial charge on any atom is -0.406 e. The van der Waals surface area contributed by atoms with Crippen molar-refractivity contribution in [1.82, 2.24) is 10.6 Å². The molecule has 4 nitrogen and oxygen atoms in total. The Bertz CT molecular complexity index is 482. The van der Waals surface area contributed by atoms with E-state index < -0.39 is 6.36 Å². The first kappa shape index (κ1) is 15.6. The molecule has 0 bridgehead atoms. The zero-order valence-electron chi connectivity index (χ0n) is 11.5. The van der Waals surface area contributed by atoms with Crippen molar-refractivity contribution in [2.75, 3.05) is 6.54 Å². The highest BCUT2D eigenvalue weighted by molar-refractivity contribution is 5.82. The molecule has 0 aromatic heterocycles. The summed E-state index contributed by atoms with van der Waals surface area (Å²) in [5, 5.41) is 5.93. The summed E-state index contributed by atoms with van der Waals surface area (Å²) in [6, 6.07) is 5.03. The van der Waals surface area contributed by atoms with Crippen molar-refractivity contribution in [1.29, 1.82) is 0 Å². The van der Waals surface area contributed by atoms with Crippen molar-refractivity contribution in [2.24, 2.45) is 0 Å². The summed E-state index contributed by atoms with van der Waals surface area (Å²) in [6.07, 6.45) is -2.93. The minimum absolute atomic E-state index is 0.0874. The summed E-state index contributed by atoms with van der Waals surface area (Å²) >= 11 is 0. The Morgan fingerprint density at radius 3 is 2.57 bits per heavy atom. The number of rotatable bonds is 4. The van der Waals surface area contributed by atoms with Gasteiger partial charge in [-0.25, -0.2) is 0 Å². The maximum Gasteiger partial charge on any atom is 0.573 e. The third-order valence-electron chi connectivity index (χ3n) is 3.35. The van der Waals surface area contributed by atoms with Crippen LogP contribution >= 0.6 is 0 Å². The lowest BCUT2D eigenvalue weighted by atomic mass is 10.1. The molecule has 0 saturated carbocycles. The molecule has 7 heteroatoms. The second kappa shape index (κ2) is 6.34. The predicted octanol–water partition coefficient (Wildman–Crippen LogP) is 2.51. The molecular formula is C14H17F3N2O2. The first-order chi connectivity index (χ1) is 9.85. The Kier molecular flexibility index (Phi) is 4.72. The van der Waals surface area contributed by atoms with E-state index in [0.29, 0.717) is 0 Å². The Balaban J connectivity index is 1.93. The summed E-state index contributed by atoms with van der Waals surface area (Å²) in [7, 11) is 0. The fraction of sp³-hybridized carbons (Fsp3) is 0.500. The van der Waals surface area contributed by atoms with Gasteiger partial charge in [0.2, 0.25) is 5.91 Å². The average molecular weight is 302 g/mol. The van der Waals surface area contributed by atoms with Gasteiger partial charge in [-0.3, -0.25) is 4.79 Å². The SMILES string of the molecule is CC(NC(=O)C1CCCN1)c1ccc(OC(F)(F)F)cc1. The van der Waals surface area contributed by atoms with Crippen LogP contribution in [-0.2, 0) is 4.79 Å². The second-order valence-corrected chi connectivity index (χ2v) is 5.00. The zero-order valence-corrected chi connectivity index (χ0v) is 11.5. The normalized spacial score (nSPS) is 20.1. The minimum atomic E-state index is -4.70. The number of ether oxygens (including phenoxy) is 1. The lowest BCUT2D eigenvalue weighted by Gasteiger charge is -2.18. The predicted molar refractivity (Wildman–Crippen MR) is 70.7 cm³/mol. The molecule has 1 aliphatic heterocycles. The lowest BCUT2D eigenvalue weighted by molar-refractivity contribution is -0.274. The third kappa shape index (κ3) is 4.63. The molecule has 1 aromatic rings. The monoisotopic (exact) mass is 302 g/mol. The number of hydrogen-bond donors (Lipinski definition) is 2. The first-order valence-electron chi connectivity index (χ1n) is 6.74. The standard InChI is InChI=1S/C14H17F3N2O2/c1-9(19-13(20)12-3-2-8-18-12)10-4-6-11(7-5-10)21-14(15,16)17/h4-7,9,12,18H,2-3,8H2,1H3,(H,19,20). The molecule has 0 aliphatic carbocycles. The highest BCUT2D eigenvalue weighted by Crippen LogP contribution is 2.24. The molecule has 1 saturated heterocycles. The fourth-order valence-corrected chi connectivity index (χ4v) is 2.26. The van der Waals surface area contributed by atoms with Gasteiger partial charge in [0.25, 0.3) is 0 Å². The van der Waals surface area contributed by atoms with Crippen molar-refractivity contribution in [3.63, 3.8) is 0 Å². The van der Waals surface area contributed by atoms with Gasteiger partial charge in [0.1, 0.15) is 5.75 Å². The molecule has 0 radical (unpaired) electrons. The Morgan fingerprint density at radius 2 is 2.05 bits per heavy atom. The van der Waals surface area contributed by atoms with Gasteiger partial charge in [-0.05, 0) is 44.0 Å². The van der Waals surface area contributed by atoms with Crippen LogP contribution in [0.3, 0.4) is 0 Å². The van der Waals surface area contributed by atoms with E-state index in [9.17, 15) is 18.0 Å². The van der Waals surface area contributed by atoms with Crippen LogP contribution in [0, 0.1) is 0 Å². The van der Waals surface area contributed by atoms with Gasteiger partial charge < -0.3 is 15.4 Å². The van der Waals surface area contributed by atoms with Gasteiger partial charge >= 0.3 is 6.36 Å². The number of alkyl halides is 3. The van der Waals surface area contributed by atoms with E-state index in [1.165, 1.54) is 24.3 Å². The van der Waals surface area contributed by atoms with Crippen LogP contribution in [-0.4, -0.2) is 24.9 Å². The molecule has 21 heavy (non-hydrogen) atoms. The van der Waals surface area contributed by atoms with E-state index in [-0.39, 0.29) is 23.7 Å². The van der Waals surface area contributed by atoms with Crippen LogP contribution in [0.4, 0.5) is 13.2 Å². The molecule has 1 aromatic carbocycles. The van der Waals surface area contributed by atoms with Crippen LogP contribution in [0.25, 0.3) is 0 Å². The Hall–Kier alpha value is -1.76. The molecule has 2 atom stereocenters. The maximum atomic E-state index is 12.1. The highest BCUT2D eigenvalue weighted by atomic mass is 19.4. The molecular weight excluding hydrogens is 285 g/mol. The van der Waals surface area contributed by atoms with Crippen molar-refractivity contribution in [3.05, 3.63) is 29.8 Å². The van der Waals surface area contributed by atoms with Gasteiger partial charge in [-0.2, -0.15) is 0 Å². The van der Waals surface area contributed by atoms with Crippen LogP contribution in [0.1, 0.15) is 31.4 Å². The van der Waals surface area contributed by atoms with Gasteiger partial charge in [0.05, 0.1) is 12.1 Å². The number of hydrogen-bond acceptors (Lipinski definition) is 3. The molecule has 0 spiro atoms. The molecule has 1 aliphatic rings. The van der Waals surface area contributed by atoms with E-state index >= 15 is 0 Å². The van der Waals surface area contributed by atoms with Gasteiger partial charge in [-0.1, -0.05) is 12.1 Å². The second-order valence-electron chi connectivity index (χ2n) is 5.00. The third-order valence-corrected chi connectivity index (χ3v) is 3.35. The summed E-state index contributed by atoms with van der Waals surface area (Å²) in [6.45, 7) is 2.61. The largest absolute Gasteiger partial charge is 0.573 e. The number of benzene rings is 1. The highest BCUT2D eigenvalue weighted by Gasteiger charge is 2.31.